The van der Waals surface area contributed by atoms with Crippen LogP contribution in [0.4, 0.5) is 0 Å². The SMILES string of the molecule is COC(=O)CC(=O)c1ccc(OC2=CCCC=C2)cc1. The van der Waals surface area contributed by atoms with Crippen LogP contribution in [0.5, 0.6) is 5.75 Å². The first-order chi connectivity index (χ1) is 9.69. The number of hydrogen-bond acceptors (Lipinski definition) is 4. The van der Waals surface area contributed by atoms with Crippen LogP contribution in [0.1, 0.15) is 29.6 Å². The second-order valence-corrected chi connectivity index (χ2v) is 4.39. The average molecular weight is 272 g/mol. The first-order valence-corrected chi connectivity index (χ1v) is 6.43. The summed E-state index contributed by atoms with van der Waals surface area (Å²) in [5.41, 5.74) is 0.468. The lowest BCUT2D eigenvalue weighted by Crippen LogP contribution is -2.09. The maximum atomic E-state index is 11.8. The van der Waals surface area contributed by atoms with Crippen LogP contribution in [0.15, 0.2) is 48.3 Å². The molecule has 0 aliphatic heterocycles. The quantitative estimate of drug-likeness (QED) is 0.469. The fraction of sp³-hybridized carbons (Fsp3) is 0.250. The lowest BCUT2D eigenvalue weighted by molar-refractivity contribution is -0.139. The van der Waals surface area contributed by atoms with E-state index in [2.05, 4.69) is 10.8 Å². The normalized spacial score (nSPS) is 13.6. The van der Waals surface area contributed by atoms with Gasteiger partial charge in [0.05, 0.1) is 7.11 Å². The van der Waals surface area contributed by atoms with Crippen LogP contribution < -0.4 is 4.74 Å². The van der Waals surface area contributed by atoms with Crippen LogP contribution in [-0.4, -0.2) is 18.9 Å². The third-order valence-electron chi connectivity index (χ3n) is 2.91. The van der Waals surface area contributed by atoms with Crippen molar-refractivity contribution < 1.29 is 19.1 Å². The average Bonchev–Trinajstić information content (AvgIpc) is 2.49. The van der Waals surface area contributed by atoms with Crippen molar-refractivity contribution in [1.82, 2.24) is 0 Å². The molecule has 1 aliphatic rings. The molecule has 2 rings (SSSR count). The Labute approximate surface area is 117 Å². The molecule has 0 heterocycles. The van der Waals surface area contributed by atoms with Gasteiger partial charge in [-0.1, -0.05) is 6.08 Å². The predicted molar refractivity (Wildman–Crippen MR) is 74.5 cm³/mol. The lowest BCUT2D eigenvalue weighted by atomic mass is 10.1. The summed E-state index contributed by atoms with van der Waals surface area (Å²) in [5, 5.41) is 0. The third-order valence-corrected chi connectivity index (χ3v) is 2.91. The Morgan fingerprint density at radius 1 is 1.15 bits per heavy atom. The Hall–Kier alpha value is -2.36. The minimum absolute atomic E-state index is 0.245. The monoisotopic (exact) mass is 272 g/mol. The van der Waals surface area contributed by atoms with Crippen LogP contribution in [0.25, 0.3) is 0 Å². The highest BCUT2D eigenvalue weighted by molar-refractivity contribution is 6.05. The van der Waals surface area contributed by atoms with Crippen LogP contribution >= 0.6 is 0 Å². The number of benzene rings is 1. The number of methoxy groups -OCH3 is 1. The van der Waals surface area contributed by atoms with Crippen molar-refractivity contribution in [2.24, 2.45) is 0 Å². The van der Waals surface area contributed by atoms with E-state index in [4.69, 9.17) is 4.74 Å². The van der Waals surface area contributed by atoms with Gasteiger partial charge >= 0.3 is 5.97 Å². The molecule has 104 valence electrons. The van der Waals surface area contributed by atoms with Crippen LogP contribution in [0.2, 0.25) is 0 Å². The Kier molecular flexibility index (Phi) is 4.71. The van der Waals surface area contributed by atoms with Gasteiger partial charge in [0.1, 0.15) is 17.9 Å². The number of Topliss-reactive ketones (excluding diaryl/α,β-unsaturated/α-hetero) is 1. The van der Waals surface area contributed by atoms with E-state index in [1.165, 1.54) is 7.11 Å². The topological polar surface area (TPSA) is 52.6 Å². The molecule has 1 aliphatic carbocycles. The number of ketones is 1. The fourth-order valence-corrected chi connectivity index (χ4v) is 1.82. The molecular weight excluding hydrogens is 256 g/mol. The van der Waals surface area contributed by atoms with Gasteiger partial charge in [-0.05, 0) is 49.3 Å². The molecule has 0 N–H and O–H groups in total. The summed E-state index contributed by atoms with van der Waals surface area (Å²) in [5.74, 6) is 0.676. The van der Waals surface area contributed by atoms with Gasteiger partial charge in [-0.15, -0.1) is 0 Å². The van der Waals surface area contributed by atoms with Crippen molar-refractivity contribution in [3.05, 3.63) is 53.8 Å². The molecular formula is C16H16O4. The number of carbonyl (C=O) groups is 2. The maximum Gasteiger partial charge on any atom is 0.313 e. The molecule has 4 nitrogen and oxygen atoms in total. The van der Waals surface area contributed by atoms with E-state index >= 15 is 0 Å². The molecule has 0 atom stereocenters. The summed E-state index contributed by atoms with van der Waals surface area (Å²) in [6.45, 7) is 0. The molecule has 1 aromatic carbocycles. The number of allylic oxidation sites excluding steroid dienone is 3. The van der Waals surface area contributed by atoms with Gasteiger partial charge in [-0.25, -0.2) is 0 Å². The smallest absolute Gasteiger partial charge is 0.313 e. The zero-order valence-corrected chi connectivity index (χ0v) is 11.3. The van der Waals surface area contributed by atoms with Crippen molar-refractivity contribution in [2.75, 3.05) is 7.11 Å². The van der Waals surface area contributed by atoms with Crippen LogP contribution in [0, 0.1) is 0 Å². The number of esters is 1. The van der Waals surface area contributed by atoms with Gasteiger partial charge in [-0.3, -0.25) is 9.59 Å². The zero-order chi connectivity index (χ0) is 14.4. The molecule has 4 heteroatoms. The third kappa shape index (κ3) is 3.82. The first-order valence-electron chi connectivity index (χ1n) is 6.43. The summed E-state index contributed by atoms with van der Waals surface area (Å²) < 4.78 is 10.1. The number of ether oxygens (including phenoxy) is 2. The molecule has 1 aromatic rings. The van der Waals surface area contributed by atoms with Crippen molar-refractivity contribution in [3.8, 4) is 5.75 Å². The van der Waals surface area contributed by atoms with Crippen LogP contribution in [-0.2, 0) is 9.53 Å². The number of carbonyl (C=O) groups excluding carboxylic acids is 2. The molecule has 0 saturated carbocycles. The molecule has 0 aromatic heterocycles. The van der Waals surface area contributed by atoms with Crippen molar-refractivity contribution in [3.63, 3.8) is 0 Å². The van der Waals surface area contributed by atoms with E-state index < -0.39 is 5.97 Å². The van der Waals surface area contributed by atoms with Crippen molar-refractivity contribution in [1.29, 1.82) is 0 Å². The summed E-state index contributed by atoms with van der Waals surface area (Å²) in [7, 11) is 1.26. The molecule has 0 unspecified atom stereocenters. The zero-order valence-electron chi connectivity index (χ0n) is 11.3. The minimum Gasteiger partial charge on any atom is -0.469 e. The van der Waals surface area contributed by atoms with Gasteiger partial charge in [0.15, 0.2) is 5.78 Å². The van der Waals surface area contributed by atoms with Gasteiger partial charge in [0.2, 0.25) is 0 Å². The standard InChI is InChI=1S/C16H16O4/c1-19-16(18)11-15(17)12-7-9-14(10-8-12)20-13-5-3-2-4-6-13/h3,5-10H,2,4,11H2,1H3. The van der Waals surface area contributed by atoms with E-state index in [9.17, 15) is 9.59 Å². The summed E-state index contributed by atoms with van der Waals surface area (Å²) in [4.78, 5) is 22.8. The molecule has 0 radical (unpaired) electrons. The molecule has 0 spiro atoms. The largest absolute Gasteiger partial charge is 0.469 e. The summed E-state index contributed by atoms with van der Waals surface area (Å²) in [6, 6.07) is 6.73. The molecule has 20 heavy (non-hydrogen) atoms. The predicted octanol–water partition coefficient (Wildman–Crippen LogP) is 3.05. The van der Waals surface area contributed by atoms with Gasteiger partial charge < -0.3 is 9.47 Å². The van der Waals surface area contributed by atoms with Gasteiger partial charge in [-0.2, -0.15) is 0 Å². The number of rotatable bonds is 5. The molecule has 0 bridgehead atoms. The van der Waals surface area contributed by atoms with E-state index in [1.54, 1.807) is 24.3 Å². The Bertz CT molecular complexity index is 552. The highest BCUT2D eigenvalue weighted by Gasteiger charge is 2.12. The van der Waals surface area contributed by atoms with E-state index in [1.807, 2.05) is 12.2 Å². The molecule has 0 fully saturated rings. The van der Waals surface area contributed by atoms with Crippen LogP contribution in [0.3, 0.4) is 0 Å². The fourth-order valence-electron chi connectivity index (χ4n) is 1.82. The first kappa shape index (κ1) is 14.1. The molecule has 0 saturated heterocycles. The van der Waals surface area contributed by atoms with Gasteiger partial charge in [0, 0.05) is 5.56 Å². The summed E-state index contributed by atoms with van der Waals surface area (Å²) >= 11 is 0. The van der Waals surface area contributed by atoms with E-state index in [0.717, 1.165) is 18.6 Å². The number of hydrogen-bond donors (Lipinski definition) is 0. The second kappa shape index (κ2) is 6.70. The lowest BCUT2D eigenvalue weighted by Gasteiger charge is -2.09. The highest BCUT2D eigenvalue weighted by Crippen LogP contribution is 2.19. The van der Waals surface area contributed by atoms with E-state index in [-0.39, 0.29) is 12.2 Å². The maximum absolute atomic E-state index is 11.8. The van der Waals surface area contributed by atoms with E-state index in [0.29, 0.717) is 11.3 Å². The molecule has 0 amide bonds. The Morgan fingerprint density at radius 3 is 2.50 bits per heavy atom. The van der Waals surface area contributed by atoms with Crippen molar-refractivity contribution >= 4 is 11.8 Å². The summed E-state index contributed by atoms with van der Waals surface area (Å²) in [6.07, 6.45) is 7.78. The minimum atomic E-state index is -0.534. The Balaban J connectivity index is 1.99. The van der Waals surface area contributed by atoms with Crippen molar-refractivity contribution in [2.45, 2.75) is 19.3 Å². The Morgan fingerprint density at radius 2 is 1.90 bits per heavy atom. The van der Waals surface area contributed by atoms with Gasteiger partial charge in [0.25, 0.3) is 0 Å². The highest BCUT2D eigenvalue weighted by atomic mass is 16.5. The second-order valence-electron chi connectivity index (χ2n) is 4.39.